The van der Waals surface area contributed by atoms with Gasteiger partial charge in [0.15, 0.2) is 0 Å². The van der Waals surface area contributed by atoms with Gasteiger partial charge in [0.05, 0.1) is 22.7 Å². The highest BCUT2D eigenvalue weighted by molar-refractivity contribution is 7.92. The van der Waals surface area contributed by atoms with Crippen molar-refractivity contribution in [3.05, 3.63) is 130 Å². The summed E-state index contributed by atoms with van der Waals surface area (Å²) in [5.74, 6) is -0.269. The number of carbonyl (C=O) groups is 1. The third-order valence-corrected chi connectivity index (χ3v) is 7.89. The lowest BCUT2D eigenvalue weighted by Crippen LogP contribution is -2.34. The molecule has 0 unspecified atom stereocenters. The smallest absolute Gasteiger partial charge is 0.264 e. The van der Waals surface area contributed by atoms with E-state index in [1.54, 1.807) is 84.7 Å². The minimum absolute atomic E-state index is 0.0417. The number of rotatable bonds is 8. The van der Waals surface area contributed by atoms with Gasteiger partial charge in [-0.15, -0.1) is 0 Å². The van der Waals surface area contributed by atoms with Crippen molar-refractivity contribution in [2.45, 2.75) is 24.9 Å². The molecule has 0 radical (unpaired) electrons. The van der Waals surface area contributed by atoms with E-state index in [2.05, 4.69) is 0 Å². The summed E-state index contributed by atoms with van der Waals surface area (Å²) in [6, 6.07) is 30.2. The minimum atomic E-state index is -3.99. The molecule has 0 aliphatic rings. The molecule has 0 bridgehead atoms. The second kappa shape index (κ2) is 11.0. The van der Waals surface area contributed by atoms with E-state index in [1.807, 2.05) is 37.3 Å². The fourth-order valence-corrected chi connectivity index (χ4v) is 5.50. The Labute approximate surface area is 217 Å². The fraction of sp³-hybridized carbons (Fsp3) is 0.138. The van der Waals surface area contributed by atoms with Crippen LogP contribution in [0.3, 0.4) is 0 Å². The van der Waals surface area contributed by atoms with Crippen LogP contribution in [0, 0.1) is 6.92 Å². The van der Waals surface area contributed by atoms with E-state index in [0.29, 0.717) is 22.8 Å². The summed E-state index contributed by atoms with van der Waals surface area (Å²) in [6.07, 6.45) is 0. The Hall–Kier alpha value is -3.61. The molecule has 0 N–H and O–H groups in total. The number of nitrogens with zero attached hydrogens (tertiary/aromatic N) is 2. The molecule has 0 saturated heterocycles. The van der Waals surface area contributed by atoms with Crippen molar-refractivity contribution in [1.82, 2.24) is 4.90 Å². The van der Waals surface area contributed by atoms with Gasteiger partial charge >= 0.3 is 0 Å². The van der Waals surface area contributed by atoms with E-state index < -0.39 is 10.0 Å². The third-order valence-electron chi connectivity index (χ3n) is 5.86. The van der Waals surface area contributed by atoms with Crippen LogP contribution >= 0.6 is 11.6 Å². The molecule has 0 aromatic heterocycles. The first-order valence-electron chi connectivity index (χ1n) is 11.5. The van der Waals surface area contributed by atoms with Gasteiger partial charge in [0.2, 0.25) is 0 Å². The molecule has 0 aliphatic heterocycles. The number of sulfonamides is 1. The number of hydrogen-bond acceptors (Lipinski definition) is 3. The molecule has 7 heteroatoms. The number of halogens is 1. The van der Waals surface area contributed by atoms with Gasteiger partial charge in [-0.05, 0) is 54.4 Å². The number of para-hydroxylation sites is 1. The van der Waals surface area contributed by atoms with Crippen molar-refractivity contribution in [3.8, 4) is 0 Å². The van der Waals surface area contributed by atoms with Gasteiger partial charge in [0.1, 0.15) is 0 Å². The lowest BCUT2D eigenvalue weighted by atomic mass is 10.1. The maximum Gasteiger partial charge on any atom is 0.264 e. The zero-order chi connectivity index (χ0) is 25.7. The normalized spacial score (nSPS) is 11.2. The van der Waals surface area contributed by atoms with E-state index in [-0.39, 0.29) is 17.3 Å². The van der Waals surface area contributed by atoms with Gasteiger partial charge in [0.25, 0.3) is 15.9 Å². The van der Waals surface area contributed by atoms with Crippen molar-refractivity contribution >= 4 is 33.2 Å². The zero-order valence-corrected chi connectivity index (χ0v) is 21.7. The molecule has 0 fully saturated rings. The predicted molar refractivity (Wildman–Crippen MR) is 145 cm³/mol. The van der Waals surface area contributed by atoms with Crippen LogP contribution in [0.25, 0.3) is 0 Å². The molecule has 0 saturated carbocycles. The summed E-state index contributed by atoms with van der Waals surface area (Å²) in [4.78, 5) is 15.3. The molecule has 184 valence electrons. The van der Waals surface area contributed by atoms with Gasteiger partial charge < -0.3 is 4.90 Å². The van der Waals surface area contributed by atoms with Crippen LogP contribution in [0.15, 0.2) is 108 Å². The monoisotopic (exact) mass is 518 g/mol. The number of benzene rings is 4. The fourth-order valence-electron chi connectivity index (χ4n) is 3.90. The van der Waals surface area contributed by atoms with E-state index >= 15 is 0 Å². The molecule has 0 aliphatic carbocycles. The Kier molecular flexibility index (Phi) is 7.77. The van der Waals surface area contributed by atoms with Crippen LogP contribution in [0.1, 0.15) is 27.0 Å². The Bertz CT molecular complexity index is 1440. The molecule has 0 heterocycles. The summed E-state index contributed by atoms with van der Waals surface area (Å²) >= 11 is 6.05. The molecule has 0 spiro atoms. The first-order chi connectivity index (χ1) is 17.3. The Morgan fingerprint density at radius 3 is 2.00 bits per heavy atom. The SMILES string of the molecule is Cc1ccc(S(=O)(=O)N(Cc2ccc(Cl)cc2)c2ccccc2C(=O)N(C)Cc2ccccc2)cc1. The van der Waals surface area contributed by atoms with Gasteiger partial charge in [-0.3, -0.25) is 9.10 Å². The Morgan fingerprint density at radius 2 is 1.33 bits per heavy atom. The highest BCUT2D eigenvalue weighted by Crippen LogP contribution is 2.30. The summed E-state index contributed by atoms with van der Waals surface area (Å²) in [5.41, 5.74) is 3.31. The van der Waals surface area contributed by atoms with Crippen molar-refractivity contribution in [1.29, 1.82) is 0 Å². The second-order valence-corrected chi connectivity index (χ2v) is 10.9. The maximum atomic E-state index is 13.9. The molecular formula is C29H27ClN2O3S. The standard InChI is InChI=1S/C29H27ClN2O3S/c1-22-12-18-26(19-13-22)36(34,35)32(21-24-14-16-25(30)17-15-24)28-11-7-6-10-27(28)29(33)31(2)20-23-8-4-3-5-9-23/h3-19H,20-21H2,1-2H3. The van der Waals surface area contributed by atoms with Crippen LogP contribution in [0.5, 0.6) is 0 Å². The summed E-state index contributed by atoms with van der Waals surface area (Å²) in [6.45, 7) is 2.34. The van der Waals surface area contributed by atoms with E-state index in [4.69, 9.17) is 11.6 Å². The topological polar surface area (TPSA) is 57.7 Å². The predicted octanol–water partition coefficient (Wildman–Crippen LogP) is 6.32. The summed E-state index contributed by atoms with van der Waals surface area (Å²) in [7, 11) is -2.28. The van der Waals surface area contributed by atoms with Crippen LogP contribution in [0.2, 0.25) is 5.02 Å². The van der Waals surface area contributed by atoms with E-state index in [0.717, 1.165) is 16.7 Å². The lowest BCUT2D eigenvalue weighted by Gasteiger charge is -2.28. The number of hydrogen-bond donors (Lipinski definition) is 0. The lowest BCUT2D eigenvalue weighted by molar-refractivity contribution is 0.0786. The minimum Gasteiger partial charge on any atom is -0.337 e. The average Bonchev–Trinajstić information content (AvgIpc) is 2.88. The van der Waals surface area contributed by atoms with Gasteiger partial charge in [-0.2, -0.15) is 0 Å². The second-order valence-electron chi connectivity index (χ2n) is 8.62. The molecule has 1 amide bonds. The third kappa shape index (κ3) is 5.78. The molecule has 0 atom stereocenters. The van der Waals surface area contributed by atoms with Crippen molar-refractivity contribution < 1.29 is 13.2 Å². The highest BCUT2D eigenvalue weighted by Gasteiger charge is 2.29. The Morgan fingerprint density at radius 1 is 0.750 bits per heavy atom. The quantitative estimate of drug-likeness (QED) is 0.274. The molecule has 4 rings (SSSR count). The van der Waals surface area contributed by atoms with Crippen LogP contribution in [-0.2, 0) is 23.1 Å². The zero-order valence-electron chi connectivity index (χ0n) is 20.1. The first-order valence-corrected chi connectivity index (χ1v) is 13.3. The Balaban J connectivity index is 1.77. The summed E-state index contributed by atoms with van der Waals surface area (Å²) < 4.78 is 29.1. The van der Waals surface area contributed by atoms with Crippen LogP contribution < -0.4 is 4.31 Å². The van der Waals surface area contributed by atoms with Crippen LogP contribution in [0.4, 0.5) is 5.69 Å². The van der Waals surface area contributed by atoms with Crippen molar-refractivity contribution in [2.24, 2.45) is 0 Å². The summed E-state index contributed by atoms with van der Waals surface area (Å²) in [5, 5.41) is 0.560. The van der Waals surface area contributed by atoms with E-state index in [1.165, 1.54) is 4.31 Å². The maximum absolute atomic E-state index is 13.9. The largest absolute Gasteiger partial charge is 0.337 e. The molecule has 5 nitrogen and oxygen atoms in total. The average molecular weight is 519 g/mol. The molecule has 4 aromatic rings. The number of anilines is 1. The van der Waals surface area contributed by atoms with Gasteiger partial charge in [0, 0.05) is 18.6 Å². The van der Waals surface area contributed by atoms with Crippen molar-refractivity contribution in [2.75, 3.05) is 11.4 Å². The van der Waals surface area contributed by atoms with Crippen LogP contribution in [-0.4, -0.2) is 26.3 Å². The number of amides is 1. The highest BCUT2D eigenvalue weighted by atomic mass is 35.5. The molecular weight excluding hydrogens is 492 g/mol. The van der Waals surface area contributed by atoms with Gasteiger partial charge in [-0.25, -0.2) is 8.42 Å². The number of aryl methyl sites for hydroxylation is 1. The van der Waals surface area contributed by atoms with Crippen molar-refractivity contribution in [3.63, 3.8) is 0 Å². The molecule has 36 heavy (non-hydrogen) atoms. The van der Waals surface area contributed by atoms with Gasteiger partial charge in [-0.1, -0.05) is 83.9 Å². The first kappa shape index (κ1) is 25.5. The number of carbonyl (C=O) groups excluding carboxylic acids is 1. The van der Waals surface area contributed by atoms with E-state index in [9.17, 15) is 13.2 Å². The molecule has 4 aromatic carbocycles.